The van der Waals surface area contributed by atoms with Crippen LogP contribution in [0.4, 0.5) is 0 Å². The SMILES string of the molecule is CCNCCCCCN1CC(C)CC1C. The van der Waals surface area contributed by atoms with E-state index in [4.69, 9.17) is 0 Å². The number of hydrogen-bond donors (Lipinski definition) is 1. The number of unbranched alkanes of at least 4 members (excludes halogenated alkanes) is 2. The van der Waals surface area contributed by atoms with Gasteiger partial charge in [0.05, 0.1) is 0 Å². The number of rotatable bonds is 7. The van der Waals surface area contributed by atoms with Crippen LogP contribution in [0.5, 0.6) is 0 Å². The van der Waals surface area contributed by atoms with Gasteiger partial charge in [0.15, 0.2) is 0 Å². The lowest BCUT2D eigenvalue weighted by Crippen LogP contribution is -2.28. The molecule has 2 atom stereocenters. The van der Waals surface area contributed by atoms with Crippen LogP contribution in [0.1, 0.15) is 46.5 Å². The summed E-state index contributed by atoms with van der Waals surface area (Å²) in [6.07, 6.45) is 5.50. The van der Waals surface area contributed by atoms with Crippen LogP contribution in [-0.2, 0) is 0 Å². The van der Waals surface area contributed by atoms with Crippen molar-refractivity contribution in [3.63, 3.8) is 0 Å². The van der Waals surface area contributed by atoms with Crippen LogP contribution in [0.2, 0.25) is 0 Å². The molecule has 2 unspecified atom stereocenters. The minimum Gasteiger partial charge on any atom is -0.317 e. The van der Waals surface area contributed by atoms with Crippen molar-refractivity contribution < 1.29 is 0 Å². The molecule has 1 N–H and O–H groups in total. The minimum absolute atomic E-state index is 0.828. The molecule has 1 aliphatic rings. The van der Waals surface area contributed by atoms with Crippen molar-refractivity contribution in [1.82, 2.24) is 10.2 Å². The first-order valence-corrected chi connectivity index (χ1v) is 6.68. The van der Waals surface area contributed by atoms with E-state index in [9.17, 15) is 0 Å². The first kappa shape index (κ1) is 13.0. The zero-order valence-electron chi connectivity index (χ0n) is 10.8. The zero-order chi connectivity index (χ0) is 11.1. The highest BCUT2D eigenvalue weighted by Gasteiger charge is 2.24. The average Bonchev–Trinajstić information content (AvgIpc) is 2.51. The third-order valence-corrected chi connectivity index (χ3v) is 3.46. The molecule has 0 aromatic rings. The van der Waals surface area contributed by atoms with Crippen LogP contribution in [0.15, 0.2) is 0 Å². The fraction of sp³-hybridized carbons (Fsp3) is 1.00. The van der Waals surface area contributed by atoms with Gasteiger partial charge in [-0.25, -0.2) is 0 Å². The zero-order valence-corrected chi connectivity index (χ0v) is 10.8. The molecule has 0 aliphatic carbocycles. The maximum Gasteiger partial charge on any atom is 0.00700 e. The Morgan fingerprint density at radius 1 is 1.20 bits per heavy atom. The van der Waals surface area contributed by atoms with Gasteiger partial charge >= 0.3 is 0 Å². The minimum atomic E-state index is 0.828. The Balaban J connectivity index is 1.96. The maximum atomic E-state index is 3.38. The highest BCUT2D eigenvalue weighted by atomic mass is 15.2. The summed E-state index contributed by atoms with van der Waals surface area (Å²) in [5.74, 6) is 0.918. The second-order valence-electron chi connectivity index (χ2n) is 5.10. The molecular weight excluding hydrogens is 184 g/mol. The largest absolute Gasteiger partial charge is 0.317 e. The summed E-state index contributed by atoms with van der Waals surface area (Å²) in [7, 11) is 0. The molecule has 1 fully saturated rings. The van der Waals surface area contributed by atoms with Crippen LogP contribution in [0.25, 0.3) is 0 Å². The normalized spacial score (nSPS) is 27.4. The highest BCUT2D eigenvalue weighted by Crippen LogP contribution is 2.22. The van der Waals surface area contributed by atoms with E-state index in [1.807, 2.05) is 0 Å². The molecule has 90 valence electrons. The molecule has 0 saturated carbocycles. The summed E-state index contributed by atoms with van der Waals surface area (Å²) < 4.78 is 0. The van der Waals surface area contributed by atoms with E-state index < -0.39 is 0 Å². The van der Waals surface area contributed by atoms with Gasteiger partial charge in [-0.2, -0.15) is 0 Å². The summed E-state index contributed by atoms with van der Waals surface area (Å²) in [6, 6.07) is 0.828. The van der Waals surface area contributed by atoms with Crippen LogP contribution < -0.4 is 5.32 Å². The highest BCUT2D eigenvalue weighted by molar-refractivity contribution is 4.79. The van der Waals surface area contributed by atoms with E-state index >= 15 is 0 Å². The first-order chi connectivity index (χ1) is 7.24. The van der Waals surface area contributed by atoms with Gasteiger partial charge in [0.25, 0.3) is 0 Å². The van der Waals surface area contributed by atoms with E-state index in [1.165, 1.54) is 45.3 Å². The van der Waals surface area contributed by atoms with Crippen molar-refractivity contribution >= 4 is 0 Å². The summed E-state index contributed by atoms with van der Waals surface area (Å²) in [5, 5.41) is 3.38. The van der Waals surface area contributed by atoms with Gasteiger partial charge in [0.1, 0.15) is 0 Å². The maximum absolute atomic E-state index is 3.38. The summed E-state index contributed by atoms with van der Waals surface area (Å²) >= 11 is 0. The predicted molar refractivity (Wildman–Crippen MR) is 67.2 cm³/mol. The van der Waals surface area contributed by atoms with Crippen LogP contribution >= 0.6 is 0 Å². The third-order valence-electron chi connectivity index (χ3n) is 3.46. The number of hydrogen-bond acceptors (Lipinski definition) is 2. The Hall–Kier alpha value is -0.0800. The standard InChI is InChI=1S/C13H28N2/c1-4-14-8-6-5-7-9-15-11-12(2)10-13(15)3/h12-14H,4-11H2,1-3H3. The molecule has 1 heterocycles. The lowest BCUT2D eigenvalue weighted by atomic mass is 10.1. The van der Waals surface area contributed by atoms with Crippen LogP contribution in [-0.4, -0.2) is 37.1 Å². The molecule has 2 nitrogen and oxygen atoms in total. The Labute approximate surface area is 95.4 Å². The molecule has 1 aliphatic heterocycles. The number of nitrogens with one attached hydrogen (secondary N) is 1. The monoisotopic (exact) mass is 212 g/mol. The molecule has 0 aromatic heterocycles. The Morgan fingerprint density at radius 3 is 2.60 bits per heavy atom. The second kappa shape index (κ2) is 7.24. The van der Waals surface area contributed by atoms with E-state index in [0.717, 1.165) is 18.5 Å². The van der Waals surface area contributed by atoms with E-state index in [0.29, 0.717) is 0 Å². The molecule has 0 aromatic carbocycles. The van der Waals surface area contributed by atoms with Crippen LogP contribution in [0, 0.1) is 5.92 Å². The first-order valence-electron chi connectivity index (χ1n) is 6.68. The molecule has 0 amide bonds. The van der Waals surface area contributed by atoms with Gasteiger partial charge in [-0.05, 0) is 51.7 Å². The van der Waals surface area contributed by atoms with Crippen molar-refractivity contribution in [1.29, 1.82) is 0 Å². The molecular formula is C13H28N2. The lowest BCUT2D eigenvalue weighted by Gasteiger charge is -2.20. The third kappa shape index (κ3) is 4.98. The second-order valence-corrected chi connectivity index (χ2v) is 5.10. The summed E-state index contributed by atoms with van der Waals surface area (Å²) in [6.45, 7) is 11.9. The van der Waals surface area contributed by atoms with Crippen molar-refractivity contribution in [3.8, 4) is 0 Å². The van der Waals surface area contributed by atoms with E-state index in [2.05, 4.69) is 31.0 Å². The van der Waals surface area contributed by atoms with Gasteiger partial charge in [0.2, 0.25) is 0 Å². The molecule has 15 heavy (non-hydrogen) atoms. The fourth-order valence-electron chi connectivity index (χ4n) is 2.62. The summed E-state index contributed by atoms with van der Waals surface area (Å²) in [4.78, 5) is 2.66. The van der Waals surface area contributed by atoms with Crippen molar-refractivity contribution in [2.45, 2.75) is 52.5 Å². The Kier molecular flexibility index (Phi) is 6.26. The van der Waals surface area contributed by atoms with E-state index in [-0.39, 0.29) is 0 Å². The average molecular weight is 212 g/mol. The topological polar surface area (TPSA) is 15.3 Å². The quantitative estimate of drug-likeness (QED) is 0.652. The van der Waals surface area contributed by atoms with Gasteiger partial charge in [-0.15, -0.1) is 0 Å². The molecule has 0 bridgehead atoms. The predicted octanol–water partition coefficient (Wildman–Crippen LogP) is 2.50. The van der Waals surface area contributed by atoms with Crippen molar-refractivity contribution in [2.75, 3.05) is 26.2 Å². The van der Waals surface area contributed by atoms with Gasteiger partial charge in [-0.3, -0.25) is 0 Å². The fourth-order valence-corrected chi connectivity index (χ4v) is 2.62. The van der Waals surface area contributed by atoms with Crippen LogP contribution in [0.3, 0.4) is 0 Å². The number of likely N-dealkylation sites (tertiary alicyclic amines) is 1. The van der Waals surface area contributed by atoms with Gasteiger partial charge < -0.3 is 10.2 Å². The Morgan fingerprint density at radius 2 is 2.00 bits per heavy atom. The summed E-state index contributed by atoms with van der Waals surface area (Å²) in [5.41, 5.74) is 0. The molecule has 1 rings (SSSR count). The Bertz CT molecular complexity index is 159. The lowest BCUT2D eigenvalue weighted by molar-refractivity contribution is 0.259. The molecule has 0 radical (unpaired) electrons. The van der Waals surface area contributed by atoms with Gasteiger partial charge in [-0.1, -0.05) is 20.3 Å². The van der Waals surface area contributed by atoms with E-state index in [1.54, 1.807) is 0 Å². The van der Waals surface area contributed by atoms with Crippen molar-refractivity contribution in [2.24, 2.45) is 5.92 Å². The molecule has 1 saturated heterocycles. The smallest absolute Gasteiger partial charge is 0.00700 e. The number of nitrogens with zero attached hydrogens (tertiary/aromatic N) is 1. The molecule has 0 spiro atoms. The molecule has 2 heteroatoms. The van der Waals surface area contributed by atoms with Gasteiger partial charge in [0, 0.05) is 12.6 Å². The van der Waals surface area contributed by atoms with Crippen molar-refractivity contribution in [3.05, 3.63) is 0 Å².